The summed E-state index contributed by atoms with van der Waals surface area (Å²) >= 11 is 3.54. The number of halogens is 1. The molecule has 0 spiro atoms. The van der Waals surface area contributed by atoms with Crippen LogP contribution in [0.4, 0.5) is 0 Å². The van der Waals surface area contributed by atoms with E-state index in [1.165, 1.54) is 18.7 Å². The summed E-state index contributed by atoms with van der Waals surface area (Å²) in [6.07, 6.45) is 4.46. The van der Waals surface area contributed by atoms with Crippen LogP contribution in [0.1, 0.15) is 24.6 Å². The fourth-order valence-corrected chi connectivity index (χ4v) is 2.90. The average molecular weight is 280 g/mol. The lowest BCUT2D eigenvalue weighted by Gasteiger charge is -2.21. The van der Waals surface area contributed by atoms with E-state index in [1.807, 2.05) is 6.07 Å². The van der Waals surface area contributed by atoms with Crippen LogP contribution in [0.25, 0.3) is 5.52 Å². The van der Waals surface area contributed by atoms with Crippen molar-refractivity contribution in [2.75, 3.05) is 13.1 Å². The molecule has 2 aromatic heterocycles. The largest absolute Gasteiger partial charge is 0.317 e. The molecule has 1 aliphatic heterocycles. The molecule has 1 saturated heterocycles. The number of rotatable bonds is 1. The zero-order chi connectivity index (χ0) is 11.0. The maximum Gasteiger partial charge on any atom is 0.132 e. The average Bonchev–Trinajstić information content (AvgIpc) is 2.69. The lowest BCUT2D eigenvalue weighted by atomic mass is 9.97. The quantitative estimate of drug-likeness (QED) is 0.870. The molecule has 0 aliphatic carbocycles. The first-order chi connectivity index (χ1) is 7.86. The molecule has 3 rings (SSSR count). The van der Waals surface area contributed by atoms with Crippen LogP contribution < -0.4 is 5.32 Å². The summed E-state index contributed by atoms with van der Waals surface area (Å²) in [5.41, 5.74) is 1.16. The Hall–Kier alpha value is -0.870. The van der Waals surface area contributed by atoms with Gasteiger partial charge < -0.3 is 9.72 Å². The zero-order valence-corrected chi connectivity index (χ0v) is 10.6. The van der Waals surface area contributed by atoms with E-state index in [0.717, 1.165) is 23.2 Å². The number of hydrogen-bond donors (Lipinski definition) is 1. The fourth-order valence-electron chi connectivity index (χ4n) is 2.39. The van der Waals surface area contributed by atoms with Crippen molar-refractivity contribution in [3.8, 4) is 0 Å². The standard InChI is InChI=1S/C12H14BrN3/c13-11-10-3-1-2-8-16(10)12(15-11)9-4-6-14-7-5-9/h1-3,8-9,14H,4-7H2. The van der Waals surface area contributed by atoms with Crippen LogP contribution in [0, 0.1) is 0 Å². The minimum absolute atomic E-state index is 0.586. The predicted octanol–water partition coefficient (Wildman–Crippen LogP) is 2.56. The van der Waals surface area contributed by atoms with Gasteiger partial charge in [-0.2, -0.15) is 0 Å². The second-order valence-corrected chi connectivity index (χ2v) is 4.99. The molecule has 2 aromatic rings. The van der Waals surface area contributed by atoms with E-state index < -0.39 is 0 Å². The summed E-state index contributed by atoms with van der Waals surface area (Å²) in [6, 6.07) is 6.21. The highest BCUT2D eigenvalue weighted by atomic mass is 79.9. The number of pyridine rings is 1. The first-order valence-electron chi connectivity index (χ1n) is 5.69. The third-order valence-corrected chi connectivity index (χ3v) is 3.82. The van der Waals surface area contributed by atoms with Gasteiger partial charge in [-0.05, 0) is 54.0 Å². The highest BCUT2D eigenvalue weighted by molar-refractivity contribution is 9.10. The lowest BCUT2D eigenvalue weighted by molar-refractivity contribution is 0.444. The van der Waals surface area contributed by atoms with Gasteiger partial charge in [0.15, 0.2) is 0 Å². The summed E-state index contributed by atoms with van der Waals surface area (Å²) in [4.78, 5) is 4.67. The molecule has 84 valence electrons. The first-order valence-corrected chi connectivity index (χ1v) is 6.49. The van der Waals surface area contributed by atoms with Gasteiger partial charge in [-0.1, -0.05) is 6.07 Å². The van der Waals surface area contributed by atoms with Gasteiger partial charge in [0, 0.05) is 12.1 Å². The second-order valence-electron chi connectivity index (χ2n) is 4.24. The third kappa shape index (κ3) is 1.66. The van der Waals surface area contributed by atoms with Crippen molar-refractivity contribution in [1.29, 1.82) is 0 Å². The van der Waals surface area contributed by atoms with Gasteiger partial charge in [0.05, 0.1) is 5.52 Å². The molecule has 0 amide bonds. The molecule has 1 fully saturated rings. The maximum absolute atomic E-state index is 4.67. The van der Waals surface area contributed by atoms with Crippen molar-refractivity contribution in [1.82, 2.24) is 14.7 Å². The van der Waals surface area contributed by atoms with E-state index in [0.29, 0.717) is 5.92 Å². The van der Waals surface area contributed by atoms with Crippen LogP contribution in [-0.2, 0) is 0 Å². The third-order valence-electron chi connectivity index (χ3n) is 3.24. The molecular formula is C12H14BrN3. The first kappa shape index (κ1) is 10.3. The maximum atomic E-state index is 4.67. The van der Waals surface area contributed by atoms with Gasteiger partial charge in [-0.3, -0.25) is 0 Å². The SMILES string of the molecule is Brc1nc(C2CCNCC2)n2ccccc12. The number of nitrogens with zero attached hydrogens (tertiary/aromatic N) is 2. The van der Waals surface area contributed by atoms with Crippen LogP contribution >= 0.6 is 15.9 Å². The van der Waals surface area contributed by atoms with Gasteiger partial charge >= 0.3 is 0 Å². The Kier molecular flexibility index (Phi) is 2.69. The van der Waals surface area contributed by atoms with E-state index in [2.05, 4.69) is 49.0 Å². The van der Waals surface area contributed by atoms with Crippen molar-refractivity contribution >= 4 is 21.4 Å². The molecule has 3 nitrogen and oxygen atoms in total. The summed E-state index contributed by atoms with van der Waals surface area (Å²) in [7, 11) is 0. The molecule has 0 bridgehead atoms. The molecule has 1 aliphatic rings. The highest BCUT2D eigenvalue weighted by Gasteiger charge is 2.20. The molecule has 0 saturated carbocycles. The smallest absolute Gasteiger partial charge is 0.132 e. The van der Waals surface area contributed by atoms with Gasteiger partial charge in [0.2, 0.25) is 0 Å². The minimum Gasteiger partial charge on any atom is -0.317 e. The molecule has 1 N–H and O–H groups in total. The van der Waals surface area contributed by atoms with Crippen molar-refractivity contribution in [2.24, 2.45) is 0 Å². The molecular weight excluding hydrogens is 266 g/mol. The minimum atomic E-state index is 0.586. The number of aromatic nitrogens is 2. The summed E-state index contributed by atoms with van der Waals surface area (Å²) in [5.74, 6) is 1.78. The second kappa shape index (κ2) is 4.18. The molecule has 3 heterocycles. The van der Waals surface area contributed by atoms with E-state index in [-0.39, 0.29) is 0 Å². The molecule has 0 atom stereocenters. The number of piperidine rings is 1. The predicted molar refractivity (Wildman–Crippen MR) is 67.7 cm³/mol. The Morgan fingerprint density at radius 1 is 1.31 bits per heavy atom. The van der Waals surface area contributed by atoms with Crippen LogP contribution in [0.3, 0.4) is 0 Å². The number of imidazole rings is 1. The Labute approximate surface area is 103 Å². The van der Waals surface area contributed by atoms with E-state index in [9.17, 15) is 0 Å². The van der Waals surface area contributed by atoms with Crippen LogP contribution in [0.15, 0.2) is 29.0 Å². The van der Waals surface area contributed by atoms with Crippen molar-refractivity contribution in [3.05, 3.63) is 34.8 Å². The van der Waals surface area contributed by atoms with Crippen LogP contribution in [0.2, 0.25) is 0 Å². The van der Waals surface area contributed by atoms with E-state index >= 15 is 0 Å². The molecule has 4 heteroatoms. The normalized spacial score (nSPS) is 18.1. The van der Waals surface area contributed by atoms with Crippen LogP contribution in [0.5, 0.6) is 0 Å². The number of nitrogens with one attached hydrogen (secondary N) is 1. The van der Waals surface area contributed by atoms with Gasteiger partial charge in [-0.25, -0.2) is 4.98 Å². The van der Waals surface area contributed by atoms with E-state index in [4.69, 9.17) is 0 Å². The summed E-state index contributed by atoms with van der Waals surface area (Å²) < 4.78 is 3.17. The van der Waals surface area contributed by atoms with Gasteiger partial charge in [0.25, 0.3) is 0 Å². The number of fused-ring (bicyclic) bond motifs is 1. The fraction of sp³-hybridized carbons (Fsp3) is 0.417. The molecule has 0 radical (unpaired) electrons. The summed E-state index contributed by atoms with van der Waals surface area (Å²) in [6.45, 7) is 2.20. The lowest BCUT2D eigenvalue weighted by Crippen LogP contribution is -2.27. The van der Waals surface area contributed by atoms with Crippen molar-refractivity contribution in [2.45, 2.75) is 18.8 Å². The Morgan fingerprint density at radius 2 is 2.12 bits per heavy atom. The highest BCUT2D eigenvalue weighted by Crippen LogP contribution is 2.28. The Bertz CT molecular complexity index is 500. The molecule has 16 heavy (non-hydrogen) atoms. The topological polar surface area (TPSA) is 29.3 Å². The Balaban J connectivity index is 2.08. The monoisotopic (exact) mass is 279 g/mol. The van der Waals surface area contributed by atoms with E-state index in [1.54, 1.807) is 0 Å². The van der Waals surface area contributed by atoms with Gasteiger partial charge in [0.1, 0.15) is 10.4 Å². The molecule has 0 aromatic carbocycles. The van der Waals surface area contributed by atoms with Crippen molar-refractivity contribution < 1.29 is 0 Å². The molecule has 0 unspecified atom stereocenters. The van der Waals surface area contributed by atoms with Gasteiger partial charge in [-0.15, -0.1) is 0 Å². The summed E-state index contributed by atoms with van der Waals surface area (Å²) in [5, 5.41) is 3.39. The van der Waals surface area contributed by atoms with Crippen LogP contribution in [-0.4, -0.2) is 22.5 Å². The van der Waals surface area contributed by atoms with Crippen molar-refractivity contribution in [3.63, 3.8) is 0 Å². The zero-order valence-electron chi connectivity index (χ0n) is 8.99. The number of hydrogen-bond acceptors (Lipinski definition) is 2. The Morgan fingerprint density at radius 3 is 2.94 bits per heavy atom.